The molecule has 0 spiro atoms. The van der Waals surface area contributed by atoms with Gasteiger partial charge in [0.25, 0.3) is 0 Å². The number of carbonyl (C=O) groups excluding carboxylic acids is 1. The molecular weight excluding hydrogens is 398 g/mol. The summed E-state index contributed by atoms with van der Waals surface area (Å²) in [5, 5.41) is 4.97. The molecule has 0 atom stereocenters. The summed E-state index contributed by atoms with van der Waals surface area (Å²) in [5.41, 5.74) is 3.23. The molecule has 1 aromatic heterocycles. The molecule has 0 aliphatic carbocycles. The van der Waals surface area contributed by atoms with Gasteiger partial charge in [-0.2, -0.15) is 5.10 Å². The quantitative estimate of drug-likeness (QED) is 0.608. The van der Waals surface area contributed by atoms with E-state index >= 15 is 0 Å². The molecule has 176 valence electrons. The van der Waals surface area contributed by atoms with E-state index in [0.717, 1.165) is 62.9 Å². The van der Waals surface area contributed by atoms with E-state index in [9.17, 15) is 4.79 Å². The minimum atomic E-state index is -0.0222. The first kappa shape index (κ1) is 24.3. The Morgan fingerprint density at radius 2 is 1.72 bits per heavy atom. The first-order chi connectivity index (χ1) is 15.2. The SMILES string of the molecule is CCCN(Cc1c(C)nn(-c2ccccc2)c1N1CCN(CC)CC1)C(=O)CC(C)(C)C. The molecule has 1 saturated heterocycles. The number of likely N-dealkylation sites (N-methyl/N-ethyl adjacent to an activating group) is 1. The number of amides is 1. The minimum Gasteiger partial charge on any atom is -0.354 e. The van der Waals surface area contributed by atoms with Crippen molar-refractivity contribution in [3.63, 3.8) is 0 Å². The zero-order valence-electron chi connectivity index (χ0n) is 20.9. The normalized spacial score (nSPS) is 15.2. The molecule has 0 N–H and O–H groups in total. The zero-order valence-corrected chi connectivity index (χ0v) is 20.9. The number of carbonyl (C=O) groups is 1. The molecule has 0 radical (unpaired) electrons. The standard InChI is InChI=1S/C26H41N5O/c1-7-14-30(24(32)19-26(4,5)6)20-23-21(3)27-31(22-12-10-9-11-13-22)25(23)29-17-15-28(8-2)16-18-29/h9-13H,7-8,14-20H2,1-6H3. The summed E-state index contributed by atoms with van der Waals surface area (Å²) < 4.78 is 2.09. The molecule has 6 heteroatoms. The van der Waals surface area contributed by atoms with Crippen LogP contribution in [0, 0.1) is 12.3 Å². The molecule has 6 nitrogen and oxygen atoms in total. The Morgan fingerprint density at radius 1 is 1.06 bits per heavy atom. The topological polar surface area (TPSA) is 44.6 Å². The van der Waals surface area contributed by atoms with Crippen molar-refractivity contribution in [1.82, 2.24) is 19.6 Å². The molecule has 2 heterocycles. The van der Waals surface area contributed by atoms with Crippen LogP contribution in [-0.4, -0.2) is 64.8 Å². The molecule has 3 rings (SSSR count). The van der Waals surface area contributed by atoms with Crippen molar-refractivity contribution in [3.05, 3.63) is 41.6 Å². The average Bonchev–Trinajstić information content (AvgIpc) is 3.09. The lowest BCUT2D eigenvalue weighted by atomic mass is 9.91. The van der Waals surface area contributed by atoms with E-state index in [1.54, 1.807) is 0 Å². The third-order valence-electron chi connectivity index (χ3n) is 6.15. The summed E-state index contributed by atoms with van der Waals surface area (Å²) in [6.45, 7) is 19.4. The van der Waals surface area contributed by atoms with Gasteiger partial charge in [-0.25, -0.2) is 4.68 Å². The number of nitrogens with zero attached hydrogens (tertiary/aromatic N) is 5. The third kappa shape index (κ3) is 5.91. The molecule has 2 aromatic rings. The highest BCUT2D eigenvalue weighted by Gasteiger charge is 2.28. The van der Waals surface area contributed by atoms with Crippen LogP contribution in [0.4, 0.5) is 5.82 Å². The van der Waals surface area contributed by atoms with Crippen LogP contribution in [0.15, 0.2) is 30.3 Å². The molecule has 32 heavy (non-hydrogen) atoms. The molecule has 0 saturated carbocycles. The second kappa shape index (κ2) is 10.5. The van der Waals surface area contributed by atoms with Gasteiger partial charge in [0, 0.05) is 44.7 Å². The van der Waals surface area contributed by atoms with Crippen LogP contribution >= 0.6 is 0 Å². The molecular formula is C26H41N5O. The third-order valence-corrected chi connectivity index (χ3v) is 6.15. The van der Waals surface area contributed by atoms with Crippen molar-refractivity contribution in [1.29, 1.82) is 0 Å². The number of hydrogen-bond acceptors (Lipinski definition) is 4. The number of piperazine rings is 1. The molecule has 1 fully saturated rings. The van der Waals surface area contributed by atoms with E-state index in [1.165, 1.54) is 5.56 Å². The number of hydrogen-bond donors (Lipinski definition) is 0. The summed E-state index contributed by atoms with van der Waals surface area (Å²) >= 11 is 0. The highest BCUT2D eigenvalue weighted by atomic mass is 16.2. The monoisotopic (exact) mass is 439 g/mol. The van der Waals surface area contributed by atoms with Gasteiger partial charge in [-0.05, 0) is 37.4 Å². The summed E-state index contributed by atoms with van der Waals surface area (Å²) in [5.74, 6) is 1.38. The lowest BCUT2D eigenvalue weighted by Gasteiger charge is -2.36. The van der Waals surface area contributed by atoms with Crippen molar-refractivity contribution in [2.75, 3.05) is 44.2 Å². The molecule has 0 unspecified atom stereocenters. The zero-order chi connectivity index (χ0) is 23.3. The van der Waals surface area contributed by atoms with Crippen molar-refractivity contribution in [2.45, 2.75) is 60.9 Å². The van der Waals surface area contributed by atoms with Gasteiger partial charge in [-0.15, -0.1) is 0 Å². The van der Waals surface area contributed by atoms with Gasteiger partial charge in [0.05, 0.1) is 17.9 Å². The number of anilines is 1. The summed E-state index contributed by atoms with van der Waals surface area (Å²) in [6, 6.07) is 10.4. The molecule has 1 amide bonds. The molecule has 1 aliphatic heterocycles. The number of aromatic nitrogens is 2. The van der Waals surface area contributed by atoms with E-state index in [-0.39, 0.29) is 11.3 Å². The summed E-state index contributed by atoms with van der Waals surface area (Å²) in [6.07, 6.45) is 1.51. The van der Waals surface area contributed by atoms with E-state index < -0.39 is 0 Å². The number of rotatable bonds is 8. The maximum Gasteiger partial charge on any atom is 0.223 e. The molecule has 1 aliphatic rings. The summed E-state index contributed by atoms with van der Waals surface area (Å²) in [7, 11) is 0. The predicted octanol–water partition coefficient (Wildman–Crippen LogP) is 4.50. The maximum absolute atomic E-state index is 13.2. The van der Waals surface area contributed by atoms with Gasteiger partial charge in [0.15, 0.2) is 0 Å². The predicted molar refractivity (Wildman–Crippen MR) is 132 cm³/mol. The van der Waals surface area contributed by atoms with Gasteiger partial charge in [-0.1, -0.05) is 52.8 Å². The van der Waals surface area contributed by atoms with Gasteiger partial charge < -0.3 is 14.7 Å². The van der Waals surface area contributed by atoms with Crippen LogP contribution in [0.3, 0.4) is 0 Å². The average molecular weight is 440 g/mol. The van der Waals surface area contributed by atoms with Gasteiger partial charge in [0.2, 0.25) is 5.91 Å². The van der Waals surface area contributed by atoms with Crippen LogP contribution in [-0.2, 0) is 11.3 Å². The van der Waals surface area contributed by atoms with Gasteiger partial charge in [0.1, 0.15) is 5.82 Å². The van der Waals surface area contributed by atoms with Crippen molar-refractivity contribution in [2.24, 2.45) is 5.41 Å². The van der Waals surface area contributed by atoms with Crippen molar-refractivity contribution in [3.8, 4) is 5.69 Å². The Bertz CT molecular complexity index is 876. The molecule has 1 aromatic carbocycles. The van der Waals surface area contributed by atoms with E-state index in [1.807, 2.05) is 11.0 Å². The highest BCUT2D eigenvalue weighted by Crippen LogP contribution is 2.30. The van der Waals surface area contributed by atoms with Crippen LogP contribution in [0.2, 0.25) is 0 Å². The Morgan fingerprint density at radius 3 is 2.28 bits per heavy atom. The lowest BCUT2D eigenvalue weighted by Crippen LogP contribution is -2.47. The summed E-state index contributed by atoms with van der Waals surface area (Å²) in [4.78, 5) is 20.2. The Labute approximate surface area is 194 Å². The second-order valence-electron chi connectivity index (χ2n) is 10.1. The molecule has 0 bridgehead atoms. The first-order valence-corrected chi connectivity index (χ1v) is 12.1. The number of benzene rings is 1. The van der Waals surface area contributed by atoms with E-state index in [4.69, 9.17) is 5.10 Å². The Hall–Kier alpha value is -2.34. The highest BCUT2D eigenvalue weighted by molar-refractivity contribution is 5.77. The van der Waals surface area contributed by atoms with Gasteiger partial charge >= 0.3 is 0 Å². The lowest BCUT2D eigenvalue weighted by molar-refractivity contribution is -0.133. The van der Waals surface area contributed by atoms with E-state index in [2.05, 4.69) is 80.3 Å². The Balaban J connectivity index is 1.98. The fourth-order valence-corrected chi connectivity index (χ4v) is 4.40. The first-order valence-electron chi connectivity index (χ1n) is 12.1. The van der Waals surface area contributed by atoms with Crippen LogP contribution in [0.25, 0.3) is 5.69 Å². The minimum absolute atomic E-state index is 0.0222. The van der Waals surface area contributed by atoms with E-state index in [0.29, 0.717) is 13.0 Å². The van der Waals surface area contributed by atoms with Crippen LogP contribution in [0.5, 0.6) is 0 Å². The second-order valence-corrected chi connectivity index (χ2v) is 10.1. The Kier molecular flexibility index (Phi) is 7.99. The van der Waals surface area contributed by atoms with Crippen LogP contribution < -0.4 is 4.90 Å². The fourth-order valence-electron chi connectivity index (χ4n) is 4.40. The maximum atomic E-state index is 13.2. The fraction of sp³-hybridized carbons (Fsp3) is 0.615. The number of aryl methyl sites for hydroxylation is 1. The van der Waals surface area contributed by atoms with Gasteiger partial charge in [-0.3, -0.25) is 4.79 Å². The smallest absolute Gasteiger partial charge is 0.223 e. The largest absolute Gasteiger partial charge is 0.354 e. The van der Waals surface area contributed by atoms with Crippen molar-refractivity contribution >= 4 is 11.7 Å². The van der Waals surface area contributed by atoms with Crippen LogP contribution in [0.1, 0.15) is 58.7 Å². The van der Waals surface area contributed by atoms with Crippen molar-refractivity contribution < 1.29 is 4.79 Å². The number of para-hydroxylation sites is 1.